The first-order valence-electron chi connectivity index (χ1n) is 13.8. The van der Waals surface area contributed by atoms with E-state index >= 15 is 0 Å². The summed E-state index contributed by atoms with van der Waals surface area (Å²) in [5.41, 5.74) is 0. The smallest absolute Gasteiger partial charge is 0.312 e. The van der Waals surface area contributed by atoms with Crippen LogP contribution in [0.2, 0.25) is 0 Å². The Morgan fingerprint density at radius 1 is 0.629 bits per heavy atom. The van der Waals surface area contributed by atoms with E-state index in [-0.39, 0.29) is 24.1 Å². The zero-order chi connectivity index (χ0) is 26.7. The van der Waals surface area contributed by atoms with Crippen molar-refractivity contribution in [3.8, 4) is 0 Å². The second-order valence-corrected chi connectivity index (χ2v) is 10.1. The molecule has 0 aliphatic carbocycles. The van der Waals surface area contributed by atoms with Gasteiger partial charge in [-0.2, -0.15) is 0 Å². The van der Waals surface area contributed by atoms with E-state index in [0.29, 0.717) is 25.8 Å². The van der Waals surface area contributed by atoms with Gasteiger partial charge in [0.05, 0.1) is 26.2 Å². The van der Waals surface area contributed by atoms with Gasteiger partial charge in [0.15, 0.2) is 0 Å². The quantitative estimate of drug-likeness (QED) is 0.0875. The first kappa shape index (κ1) is 33.1. The topological polar surface area (TPSA) is 112 Å². The lowest BCUT2D eigenvalue weighted by Crippen LogP contribution is -2.58. The molecule has 0 aromatic carbocycles. The average Bonchev–Trinajstić information content (AvgIpc) is 2.82. The maximum atomic E-state index is 11.9. The Kier molecular flexibility index (Phi) is 18.3. The summed E-state index contributed by atoms with van der Waals surface area (Å²) in [6.07, 6.45) is 15.8. The Bertz CT molecular complexity index is 573. The largest absolute Gasteiger partial charge is 0.481 e. The molecule has 3 unspecified atom stereocenters. The standard InChI is InChI=1S/C28H51NO6/c1-5-9-10-11-12-13-14-15-16-17-18-19-29(20-23(6-2)26(30)31,21-24(7-3)27(32)33)22-25(8-4)28(34)35/h5,9,23-25H,6-8,10-22H2,1-4H3,(H2-,30,31,32,33,34,35)/p+1/b9-5+. The van der Waals surface area contributed by atoms with Crippen LogP contribution in [-0.2, 0) is 14.4 Å². The van der Waals surface area contributed by atoms with Crippen LogP contribution in [0.3, 0.4) is 0 Å². The van der Waals surface area contributed by atoms with Crippen LogP contribution < -0.4 is 0 Å². The molecular formula is C28H52NO6+. The highest BCUT2D eigenvalue weighted by molar-refractivity contribution is 5.71. The van der Waals surface area contributed by atoms with E-state index < -0.39 is 35.7 Å². The van der Waals surface area contributed by atoms with Gasteiger partial charge in [0, 0.05) is 0 Å². The van der Waals surface area contributed by atoms with Gasteiger partial charge in [0.1, 0.15) is 17.8 Å². The van der Waals surface area contributed by atoms with E-state index in [1.165, 1.54) is 25.7 Å². The zero-order valence-electron chi connectivity index (χ0n) is 22.7. The van der Waals surface area contributed by atoms with E-state index in [1.807, 2.05) is 27.7 Å². The molecule has 0 rings (SSSR count). The summed E-state index contributed by atoms with van der Waals surface area (Å²) in [7, 11) is 0. The van der Waals surface area contributed by atoms with Crippen LogP contribution >= 0.6 is 0 Å². The zero-order valence-corrected chi connectivity index (χ0v) is 22.7. The van der Waals surface area contributed by atoms with Crippen molar-refractivity contribution in [3.63, 3.8) is 0 Å². The van der Waals surface area contributed by atoms with Gasteiger partial charge < -0.3 is 19.8 Å². The lowest BCUT2D eigenvalue weighted by molar-refractivity contribution is -0.935. The van der Waals surface area contributed by atoms with Gasteiger partial charge in [0.2, 0.25) is 0 Å². The molecule has 0 aliphatic heterocycles. The second kappa shape index (κ2) is 19.3. The van der Waals surface area contributed by atoms with Crippen molar-refractivity contribution in [2.75, 3.05) is 26.2 Å². The molecule has 7 heteroatoms. The Hall–Kier alpha value is -1.89. The van der Waals surface area contributed by atoms with Crippen molar-refractivity contribution in [1.29, 1.82) is 0 Å². The van der Waals surface area contributed by atoms with Crippen LogP contribution in [-0.4, -0.2) is 63.9 Å². The van der Waals surface area contributed by atoms with Gasteiger partial charge in [-0.05, 0) is 51.9 Å². The van der Waals surface area contributed by atoms with Crippen molar-refractivity contribution in [1.82, 2.24) is 0 Å². The van der Waals surface area contributed by atoms with Crippen LogP contribution in [0.15, 0.2) is 12.2 Å². The number of allylic oxidation sites excluding steroid dienone is 2. The molecule has 0 heterocycles. The third kappa shape index (κ3) is 14.3. The molecule has 0 spiro atoms. The number of nitrogens with zero attached hydrogens (tertiary/aromatic N) is 1. The number of quaternary nitrogens is 1. The first-order valence-corrected chi connectivity index (χ1v) is 13.8. The van der Waals surface area contributed by atoms with Gasteiger partial charge in [-0.25, -0.2) is 0 Å². The molecule has 0 radical (unpaired) electrons. The molecule has 0 aromatic heterocycles. The third-order valence-electron chi connectivity index (χ3n) is 7.34. The van der Waals surface area contributed by atoms with E-state index in [1.54, 1.807) is 0 Å². The summed E-state index contributed by atoms with van der Waals surface area (Å²) in [6.45, 7) is 9.01. The minimum atomic E-state index is -0.892. The van der Waals surface area contributed by atoms with E-state index in [0.717, 1.165) is 32.1 Å². The Labute approximate surface area is 213 Å². The fourth-order valence-corrected chi connectivity index (χ4v) is 4.98. The number of carbonyl (C=O) groups is 3. The molecule has 0 aromatic rings. The molecule has 0 aliphatic rings. The average molecular weight is 499 g/mol. The molecule has 204 valence electrons. The number of aliphatic carboxylic acids is 3. The monoisotopic (exact) mass is 498 g/mol. The number of carboxylic acid groups (broad SMARTS) is 3. The molecule has 0 bridgehead atoms. The van der Waals surface area contributed by atoms with Gasteiger partial charge in [-0.15, -0.1) is 0 Å². The molecule has 3 N–H and O–H groups in total. The maximum absolute atomic E-state index is 11.9. The van der Waals surface area contributed by atoms with Crippen molar-refractivity contribution in [2.24, 2.45) is 17.8 Å². The lowest BCUT2D eigenvalue weighted by atomic mass is 9.95. The molecule has 0 fully saturated rings. The molecule has 3 atom stereocenters. The van der Waals surface area contributed by atoms with E-state index in [4.69, 9.17) is 0 Å². The predicted molar refractivity (Wildman–Crippen MR) is 140 cm³/mol. The summed E-state index contributed by atoms with van der Waals surface area (Å²) in [5.74, 6) is -4.52. The molecule has 0 saturated carbocycles. The Morgan fingerprint density at radius 2 is 0.971 bits per heavy atom. The summed E-state index contributed by atoms with van der Waals surface area (Å²) in [4.78, 5) is 35.7. The maximum Gasteiger partial charge on any atom is 0.312 e. The fourth-order valence-electron chi connectivity index (χ4n) is 4.98. The fraction of sp³-hybridized carbons (Fsp3) is 0.821. The van der Waals surface area contributed by atoms with Crippen molar-refractivity contribution in [2.45, 2.75) is 105 Å². The SMILES string of the molecule is C/C=C/CCCCCCCCCC[N+](CC(CC)C(=O)O)(CC(CC)C(=O)O)CC(CC)C(=O)O. The van der Waals surface area contributed by atoms with Crippen molar-refractivity contribution in [3.05, 3.63) is 12.2 Å². The Balaban J connectivity index is 5.31. The molecular weight excluding hydrogens is 446 g/mol. The predicted octanol–water partition coefficient (Wildman–Crippen LogP) is 6.22. The Morgan fingerprint density at radius 3 is 1.29 bits per heavy atom. The highest BCUT2D eigenvalue weighted by Crippen LogP contribution is 2.25. The number of hydrogen-bond acceptors (Lipinski definition) is 3. The summed E-state index contributed by atoms with van der Waals surface area (Å²) >= 11 is 0. The second-order valence-electron chi connectivity index (χ2n) is 10.1. The summed E-state index contributed by atoms with van der Waals surface area (Å²) < 4.78 is 0.255. The summed E-state index contributed by atoms with van der Waals surface area (Å²) in [6, 6.07) is 0. The number of rotatable bonds is 23. The van der Waals surface area contributed by atoms with Gasteiger partial charge in [-0.1, -0.05) is 65.0 Å². The van der Waals surface area contributed by atoms with Crippen molar-refractivity contribution >= 4 is 17.9 Å². The van der Waals surface area contributed by atoms with Crippen LogP contribution in [0.1, 0.15) is 105 Å². The minimum Gasteiger partial charge on any atom is -0.481 e. The molecule has 7 nitrogen and oxygen atoms in total. The normalized spacial score (nSPS) is 16.0. The number of hydrogen-bond donors (Lipinski definition) is 3. The van der Waals surface area contributed by atoms with E-state index in [9.17, 15) is 29.7 Å². The molecule has 0 amide bonds. The van der Waals surface area contributed by atoms with Gasteiger partial charge >= 0.3 is 17.9 Å². The third-order valence-corrected chi connectivity index (χ3v) is 7.34. The van der Waals surface area contributed by atoms with Crippen LogP contribution in [0.5, 0.6) is 0 Å². The first-order chi connectivity index (χ1) is 16.7. The van der Waals surface area contributed by atoms with Crippen LogP contribution in [0.4, 0.5) is 0 Å². The minimum absolute atomic E-state index is 0.255. The van der Waals surface area contributed by atoms with Crippen LogP contribution in [0, 0.1) is 17.8 Å². The van der Waals surface area contributed by atoms with Gasteiger partial charge in [0.25, 0.3) is 0 Å². The van der Waals surface area contributed by atoms with Crippen LogP contribution in [0.25, 0.3) is 0 Å². The molecule has 0 saturated heterocycles. The van der Waals surface area contributed by atoms with Gasteiger partial charge in [-0.3, -0.25) is 14.4 Å². The lowest BCUT2D eigenvalue weighted by Gasteiger charge is -2.43. The van der Waals surface area contributed by atoms with Crippen molar-refractivity contribution < 1.29 is 34.2 Å². The summed E-state index contributed by atoms with van der Waals surface area (Å²) in [5, 5.41) is 29.3. The molecule has 35 heavy (non-hydrogen) atoms. The van der Waals surface area contributed by atoms with E-state index in [2.05, 4.69) is 12.2 Å². The number of carboxylic acids is 3. The highest BCUT2D eigenvalue weighted by Gasteiger charge is 2.40. The highest BCUT2D eigenvalue weighted by atomic mass is 16.4. The number of unbranched alkanes of at least 4 members (excludes halogenated alkanes) is 8.